The van der Waals surface area contributed by atoms with E-state index in [4.69, 9.17) is 0 Å². The summed E-state index contributed by atoms with van der Waals surface area (Å²) >= 11 is 0. The number of nitrogens with zero attached hydrogens (tertiary/aromatic N) is 1. The monoisotopic (exact) mass is 162 g/mol. The van der Waals surface area contributed by atoms with E-state index in [0.717, 1.165) is 6.54 Å². The van der Waals surface area contributed by atoms with Gasteiger partial charge in [0.25, 0.3) is 5.09 Å². The number of rotatable bonds is 6. The minimum Gasteiger partial charge on any atom is -0.314 e. The van der Waals surface area contributed by atoms with Crippen LogP contribution in [0.4, 0.5) is 0 Å². The maximum atomic E-state index is 9.66. The Morgan fingerprint density at radius 3 is 2.73 bits per heavy atom. The van der Waals surface area contributed by atoms with Gasteiger partial charge in [0.15, 0.2) is 0 Å². The van der Waals surface area contributed by atoms with Crippen LogP contribution < -0.4 is 5.32 Å². The van der Waals surface area contributed by atoms with Crippen molar-refractivity contribution in [2.24, 2.45) is 0 Å². The molecule has 11 heavy (non-hydrogen) atoms. The van der Waals surface area contributed by atoms with Crippen LogP contribution in [0.5, 0.6) is 0 Å². The highest BCUT2D eigenvalue weighted by atomic mass is 16.9. The molecular formula is C6H14N2O3. The van der Waals surface area contributed by atoms with Crippen LogP contribution in [0, 0.1) is 10.1 Å². The van der Waals surface area contributed by atoms with Crippen LogP contribution in [0.3, 0.4) is 0 Å². The highest BCUT2D eigenvalue weighted by Gasteiger charge is 1.94. The van der Waals surface area contributed by atoms with Crippen molar-refractivity contribution in [1.29, 1.82) is 0 Å². The van der Waals surface area contributed by atoms with E-state index >= 15 is 0 Å². The Morgan fingerprint density at radius 1 is 1.64 bits per heavy atom. The van der Waals surface area contributed by atoms with Gasteiger partial charge in [-0.3, -0.25) is 0 Å². The van der Waals surface area contributed by atoms with Gasteiger partial charge in [-0.2, -0.15) is 0 Å². The molecule has 0 aromatic rings. The lowest BCUT2D eigenvalue weighted by molar-refractivity contribution is -0.757. The molecule has 0 aromatic carbocycles. The van der Waals surface area contributed by atoms with E-state index in [1.165, 1.54) is 0 Å². The SMILES string of the molecule is CC(C)NCCCO[N+](=O)[O-]. The molecule has 0 amide bonds. The van der Waals surface area contributed by atoms with Gasteiger partial charge in [-0.05, 0) is 13.0 Å². The zero-order chi connectivity index (χ0) is 8.69. The first-order valence-corrected chi connectivity index (χ1v) is 3.63. The van der Waals surface area contributed by atoms with Gasteiger partial charge in [-0.1, -0.05) is 13.8 Å². The van der Waals surface area contributed by atoms with Crippen molar-refractivity contribution in [2.75, 3.05) is 13.2 Å². The van der Waals surface area contributed by atoms with Gasteiger partial charge < -0.3 is 10.2 Å². The summed E-state index contributed by atoms with van der Waals surface area (Å²) in [5.74, 6) is 0. The van der Waals surface area contributed by atoms with Crippen molar-refractivity contribution in [1.82, 2.24) is 5.32 Å². The van der Waals surface area contributed by atoms with E-state index in [2.05, 4.69) is 10.2 Å². The molecule has 0 radical (unpaired) electrons. The summed E-state index contributed by atoms with van der Waals surface area (Å²) in [4.78, 5) is 13.8. The van der Waals surface area contributed by atoms with Crippen molar-refractivity contribution < 1.29 is 9.92 Å². The third-order valence-corrected chi connectivity index (χ3v) is 1.07. The third-order valence-electron chi connectivity index (χ3n) is 1.07. The molecule has 0 saturated carbocycles. The Hall–Kier alpha value is -0.840. The summed E-state index contributed by atoms with van der Waals surface area (Å²) in [6.07, 6.45) is 0.666. The predicted molar refractivity (Wildman–Crippen MR) is 40.7 cm³/mol. The van der Waals surface area contributed by atoms with E-state index < -0.39 is 5.09 Å². The molecule has 0 aliphatic rings. The normalized spacial score (nSPS) is 10.1. The quantitative estimate of drug-likeness (QED) is 0.352. The Bertz CT molecular complexity index is 116. The molecule has 0 aromatic heterocycles. The van der Waals surface area contributed by atoms with Gasteiger partial charge >= 0.3 is 0 Å². The molecule has 0 saturated heterocycles. The van der Waals surface area contributed by atoms with E-state index in [0.29, 0.717) is 12.5 Å². The molecule has 5 nitrogen and oxygen atoms in total. The fourth-order valence-electron chi connectivity index (χ4n) is 0.602. The summed E-state index contributed by atoms with van der Waals surface area (Å²) in [6.45, 7) is 4.97. The molecule has 0 spiro atoms. The fourth-order valence-corrected chi connectivity index (χ4v) is 0.602. The third kappa shape index (κ3) is 9.16. The van der Waals surface area contributed by atoms with Gasteiger partial charge in [-0.15, -0.1) is 10.1 Å². The van der Waals surface area contributed by atoms with Crippen molar-refractivity contribution in [3.63, 3.8) is 0 Å². The lowest BCUT2D eigenvalue weighted by atomic mass is 10.3. The molecule has 0 aliphatic heterocycles. The van der Waals surface area contributed by atoms with Crippen molar-refractivity contribution in [2.45, 2.75) is 26.3 Å². The average Bonchev–Trinajstić information content (AvgIpc) is 1.85. The molecule has 1 N–H and O–H groups in total. The standard InChI is InChI=1S/C6H14N2O3/c1-6(2)7-4-3-5-11-8(9)10/h6-7H,3-5H2,1-2H3. The van der Waals surface area contributed by atoms with E-state index in [1.54, 1.807) is 0 Å². The summed E-state index contributed by atoms with van der Waals surface area (Å²) in [5, 5.41) is 12.0. The largest absolute Gasteiger partial charge is 0.314 e. The molecule has 0 bridgehead atoms. The zero-order valence-electron chi connectivity index (χ0n) is 6.87. The summed E-state index contributed by atoms with van der Waals surface area (Å²) in [7, 11) is 0. The van der Waals surface area contributed by atoms with Crippen LogP contribution in [0.1, 0.15) is 20.3 Å². The maximum Gasteiger partial charge on any atom is 0.294 e. The Labute approximate surface area is 65.8 Å². The van der Waals surface area contributed by atoms with E-state index in [1.807, 2.05) is 13.8 Å². The first-order valence-electron chi connectivity index (χ1n) is 3.63. The van der Waals surface area contributed by atoms with Crippen LogP contribution in [0.25, 0.3) is 0 Å². The highest BCUT2D eigenvalue weighted by Crippen LogP contribution is 1.82. The average molecular weight is 162 g/mol. The minimum absolute atomic E-state index is 0.173. The van der Waals surface area contributed by atoms with Gasteiger partial charge in [0.1, 0.15) is 0 Å². The molecule has 0 heterocycles. The van der Waals surface area contributed by atoms with Crippen LogP contribution in [0.2, 0.25) is 0 Å². The summed E-state index contributed by atoms with van der Waals surface area (Å²) in [5.41, 5.74) is 0. The lowest BCUT2D eigenvalue weighted by Crippen LogP contribution is -2.24. The molecule has 0 aliphatic carbocycles. The van der Waals surface area contributed by atoms with Gasteiger partial charge in [0.05, 0.1) is 6.61 Å². The first kappa shape index (κ1) is 10.2. The Kier molecular flexibility index (Phi) is 5.46. The molecule has 0 atom stereocenters. The lowest BCUT2D eigenvalue weighted by Gasteiger charge is -2.06. The van der Waals surface area contributed by atoms with Gasteiger partial charge in [0, 0.05) is 6.04 Å². The minimum atomic E-state index is -0.768. The molecule has 0 fully saturated rings. The first-order chi connectivity index (χ1) is 5.13. The molecule has 0 unspecified atom stereocenters. The second-order valence-electron chi connectivity index (χ2n) is 2.52. The van der Waals surface area contributed by atoms with Crippen molar-refractivity contribution >= 4 is 0 Å². The fraction of sp³-hybridized carbons (Fsp3) is 1.00. The van der Waals surface area contributed by atoms with Crippen molar-refractivity contribution in [3.8, 4) is 0 Å². The Balaban J connectivity index is 2.97. The molecular weight excluding hydrogens is 148 g/mol. The van der Waals surface area contributed by atoms with E-state index in [-0.39, 0.29) is 6.61 Å². The topological polar surface area (TPSA) is 64.4 Å². The number of hydrogen-bond acceptors (Lipinski definition) is 4. The second kappa shape index (κ2) is 5.91. The number of hydrogen-bond donors (Lipinski definition) is 1. The van der Waals surface area contributed by atoms with Crippen LogP contribution >= 0.6 is 0 Å². The predicted octanol–water partition coefficient (Wildman–Crippen LogP) is 0.583. The Morgan fingerprint density at radius 2 is 2.27 bits per heavy atom. The van der Waals surface area contributed by atoms with Crippen LogP contribution in [-0.2, 0) is 4.84 Å². The summed E-state index contributed by atoms with van der Waals surface area (Å²) in [6, 6.07) is 0.422. The summed E-state index contributed by atoms with van der Waals surface area (Å²) < 4.78 is 0. The van der Waals surface area contributed by atoms with Gasteiger partial charge in [0.2, 0.25) is 0 Å². The smallest absolute Gasteiger partial charge is 0.294 e. The maximum absolute atomic E-state index is 9.66. The number of nitrogens with one attached hydrogen (secondary N) is 1. The van der Waals surface area contributed by atoms with Crippen LogP contribution in [0.15, 0.2) is 0 Å². The second-order valence-corrected chi connectivity index (χ2v) is 2.52. The molecule has 5 heteroatoms. The van der Waals surface area contributed by atoms with Crippen LogP contribution in [-0.4, -0.2) is 24.3 Å². The highest BCUT2D eigenvalue weighted by molar-refractivity contribution is 4.50. The van der Waals surface area contributed by atoms with Crippen molar-refractivity contribution in [3.05, 3.63) is 10.1 Å². The van der Waals surface area contributed by atoms with E-state index in [9.17, 15) is 10.1 Å². The zero-order valence-corrected chi connectivity index (χ0v) is 6.87. The van der Waals surface area contributed by atoms with Gasteiger partial charge in [-0.25, -0.2) is 0 Å². The molecule has 0 rings (SSSR count). The molecule has 66 valence electrons.